The zero-order valence-electron chi connectivity index (χ0n) is 17.2. The second-order valence-corrected chi connectivity index (χ2v) is 7.29. The number of anilines is 1. The highest BCUT2D eigenvalue weighted by atomic mass is 19.1. The van der Waals surface area contributed by atoms with Crippen LogP contribution in [0.1, 0.15) is 40.0 Å². The number of nitrogens with one attached hydrogen (secondary N) is 1. The molecule has 2 amide bonds. The number of hydrogen-bond donors (Lipinski definition) is 1. The Kier molecular flexibility index (Phi) is 5.98. The van der Waals surface area contributed by atoms with Crippen molar-refractivity contribution in [1.29, 1.82) is 0 Å². The summed E-state index contributed by atoms with van der Waals surface area (Å²) in [5, 5.41) is 2.87. The number of esters is 1. The lowest BCUT2D eigenvalue weighted by molar-refractivity contribution is 0.0527. The topological polar surface area (TPSA) is 58.6 Å². The van der Waals surface area contributed by atoms with Gasteiger partial charge in [0.25, 0.3) is 0 Å². The molecular formula is C25H23FN2O3. The first-order valence-electron chi connectivity index (χ1n) is 10.3. The second-order valence-electron chi connectivity index (χ2n) is 7.29. The summed E-state index contributed by atoms with van der Waals surface area (Å²) in [7, 11) is 0. The Balaban J connectivity index is 1.67. The van der Waals surface area contributed by atoms with Gasteiger partial charge >= 0.3 is 12.0 Å². The number of urea groups is 1. The number of fused-ring (bicyclic) bond motifs is 1. The van der Waals surface area contributed by atoms with Crippen molar-refractivity contribution in [1.82, 2.24) is 4.90 Å². The van der Waals surface area contributed by atoms with E-state index in [-0.39, 0.29) is 24.5 Å². The van der Waals surface area contributed by atoms with Crippen molar-refractivity contribution >= 4 is 17.7 Å². The number of hydrogen-bond acceptors (Lipinski definition) is 3. The normalized spacial score (nSPS) is 15.2. The van der Waals surface area contributed by atoms with E-state index in [1.807, 2.05) is 18.2 Å². The molecule has 0 bridgehead atoms. The number of carbonyl (C=O) groups excluding carboxylic acids is 2. The van der Waals surface area contributed by atoms with E-state index < -0.39 is 5.97 Å². The standard InChI is InChI=1S/C25H23FN2O3/c1-2-31-24(29)21-9-5-6-10-22(21)27-25(30)28-16-15-17-7-3-4-8-20(17)23(28)18-11-13-19(26)14-12-18/h3-14,23H,2,15-16H2,1H3,(H,27,30). The van der Waals surface area contributed by atoms with Crippen molar-refractivity contribution in [3.8, 4) is 0 Å². The smallest absolute Gasteiger partial charge is 0.340 e. The molecule has 0 aromatic heterocycles. The van der Waals surface area contributed by atoms with Gasteiger partial charge in [0.1, 0.15) is 5.82 Å². The summed E-state index contributed by atoms with van der Waals surface area (Å²) < 4.78 is 18.6. The molecule has 5 nitrogen and oxygen atoms in total. The van der Waals surface area contributed by atoms with E-state index in [1.165, 1.54) is 12.1 Å². The van der Waals surface area contributed by atoms with E-state index in [4.69, 9.17) is 4.74 Å². The summed E-state index contributed by atoms with van der Waals surface area (Å²) in [6, 6.07) is 20.3. The predicted molar refractivity (Wildman–Crippen MR) is 117 cm³/mol. The van der Waals surface area contributed by atoms with E-state index in [9.17, 15) is 14.0 Å². The molecule has 0 fully saturated rings. The number of amides is 2. The summed E-state index contributed by atoms with van der Waals surface area (Å²) >= 11 is 0. The zero-order chi connectivity index (χ0) is 21.8. The van der Waals surface area contributed by atoms with Crippen LogP contribution >= 0.6 is 0 Å². The number of rotatable bonds is 4. The molecule has 1 N–H and O–H groups in total. The van der Waals surface area contributed by atoms with E-state index >= 15 is 0 Å². The fourth-order valence-corrected chi connectivity index (χ4v) is 3.96. The summed E-state index contributed by atoms with van der Waals surface area (Å²) in [4.78, 5) is 27.4. The zero-order valence-corrected chi connectivity index (χ0v) is 17.2. The molecule has 3 aromatic carbocycles. The Morgan fingerprint density at radius 1 is 1.03 bits per heavy atom. The molecule has 0 aliphatic carbocycles. The molecule has 0 saturated heterocycles. The average Bonchev–Trinajstić information content (AvgIpc) is 2.79. The minimum atomic E-state index is -0.488. The van der Waals surface area contributed by atoms with Gasteiger partial charge in [0, 0.05) is 6.54 Å². The first-order chi connectivity index (χ1) is 15.1. The molecule has 31 heavy (non-hydrogen) atoms. The van der Waals surface area contributed by atoms with E-state index in [0.29, 0.717) is 24.2 Å². The minimum absolute atomic E-state index is 0.247. The van der Waals surface area contributed by atoms with Gasteiger partial charge in [-0.1, -0.05) is 48.5 Å². The third-order valence-electron chi connectivity index (χ3n) is 5.39. The fraction of sp³-hybridized carbons (Fsp3) is 0.200. The van der Waals surface area contributed by atoms with Crippen LogP contribution in [0.4, 0.5) is 14.9 Å². The van der Waals surface area contributed by atoms with Crippen LogP contribution in [0.15, 0.2) is 72.8 Å². The molecule has 1 atom stereocenters. The molecule has 1 heterocycles. The average molecular weight is 418 g/mol. The fourth-order valence-electron chi connectivity index (χ4n) is 3.96. The molecule has 0 saturated carbocycles. The van der Waals surface area contributed by atoms with Crippen molar-refractivity contribution in [3.63, 3.8) is 0 Å². The molecule has 1 aliphatic heterocycles. The number of carbonyl (C=O) groups is 2. The Labute approximate surface area is 180 Å². The highest BCUT2D eigenvalue weighted by molar-refractivity contribution is 6.01. The van der Waals surface area contributed by atoms with E-state index in [1.54, 1.807) is 48.2 Å². The van der Waals surface area contributed by atoms with Crippen molar-refractivity contribution in [2.75, 3.05) is 18.5 Å². The first-order valence-corrected chi connectivity index (χ1v) is 10.3. The van der Waals surface area contributed by atoms with Crippen LogP contribution in [0.2, 0.25) is 0 Å². The van der Waals surface area contributed by atoms with Gasteiger partial charge in [0.2, 0.25) is 0 Å². The summed E-state index contributed by atoms with van der Waals surface area (Å²) in [5.41, 5.74) is 3.68. The van der Waals surface area contributed by atoms with Gasteiger partial charge < -0.3 is 15.0 Å². The lowest BCUT2D eigenvalue weighted by Gasteiger charge is -2.37. The molecule has 1 unspecified atom stereocenters. The molecule has 0 radical (unpaired) electrons. The lowest BCUT2D eigenvalue weighted by atomic mass is 9.88. The van der Waals surface area contributed by atoms with Gasteiger partial charge in [-0.15, -0.1) is 0 Å². The molecule has 158 valence electrons. The Bertz CT molecular complexity index is 1100. The third-order valence-corrected chi connectivity index (χ3v) is 5.39. The van der Waals surface area contributed by atoms with Gasteiger partial charge in [-0.3, -0.25) is 0 Å². The van der Waals surface area contributed by atoms with Crippen LogP contribution in [-0.2, 0) is 11.2 Å². The summed E-state index contributed by atoms with van der Waals surface area (Å²) in [6.07, 6.45) is 0.709. The third kappa shape index (κ3) is 4.28. The van der Waals surface area contributed by atoms with Crippen molar-refractivity contribution in [2.24, 2.45) is 0 Å². The Hall–Kier alpha value is -3.67. The van der Waals surface area contributed by atoms with Crippen molar-refractivity contribution in [3.05, 3.63) is 101 Å². The number of nitrogens with zero attached hydrogens (tertiary/aromatic N) is 1. The Morgan fingerprint density at radius 3 is 2.52 bits per heavy atom. The van der Waals surface area contributed by atoms with E-state index in [2.05, 4.69) is 11.4 Å². The van der Waals surface area contributed by atoms with E-state index in [0.717, 1.165) is 16.7 Å². The molecule has 1 aliphatic rings. The quantitative estimate of drug-likeness (QED) is 0.594. The van der Waals surface area contributed by atoms with Crippen LogP contribution in [0, 0.1) is 5.82 Å². The van der Waals surface area contributed by atoms with Crippen molar-refractivity contribution < 1.29 is 18.7 Å². The molecule has 6 heteroatoms. The number of ether oxygens (including phenoxy) is 1. The first kappa shape index (κ1) is 20.6. The van der Waals surface area contributed by atoms with Gasteiger partial charge in [0.15, 0.2) is 0 Å². The lowest BCUT2D eigenvalue weighted by Crippen LogP contribution is -2.43. The minimum Gasteiger partial charge on any atom is -0.462 e. The molecule has 0 spiro atoms. The highest BCUT2D eigenvalue weighted by Gasteiger charge is 2.32. The number of para-hydroxylation sites is 1. The largest absolute Gasteiger partial charge is 0.462 e. The maximum atomic E-state index is 13.5. The summed E-state index contributed by atoms with van der Waals surface area (Å²) in [5.74, 6) is -0.815. The second kappa shape index (κ2) is 9.00. The van der Waals surface area contributed by atoms with Gasteiger partial charge in [0.05, 0.1) is 23.9 Å². The maximum Gasteiger partial charge on any atom is 0.340 e. The van der Waals surface area contributed by atoms with Crippen LogP contribution in [0.3, 0.4) is 0 Å². The number of halogens is 1. The number of benzene rings is 3. The van der Waals surface area contributed by atoms with Gasteiger partial charge in [-0.2, -0.15) is 0 Å². The molecule has 3 aromatic rings. The highest BCUT2D eigenvalue weighted by Crippen LogP contribution is 2.35. The van der Waals surface area contributed by atoms with Crippen LogP contribution < -0.4 is 5.32 Å². The maximum absolute atomic E-state index is 13.5. The molecular weight excluding hydrogens is 395 g/mol. The van der Waals surface area contributed by atoms with Gasteiger partial charge in [-0.05, 0) is 54.3 Å². The van der Waals surface area contributed by atoms with Crippen LogP contribution in [0.25, 0.3) is 0 Å². The SMILES string of the molecule is CCOC(=O)c1ccccc1NC(=O)N1CCc2ccccc2C1c1ccc(F)cc1. The van der Waals surface area contributed by atoms with Crippen LogP contribution in [0.5, 0.6) is 0 Å². The Morgan fingerprint density at radius 2 is 1.74 bits per heavy atom. The summed E-state index contributed by atoms with van der Waals surface area (Å²) in [6.45, 7) is 2.47. The van der Waals surface area contributed by atoms with Gasteiger partial charge in [-0.25, -0.2) is 14.0 Å². The van der Waals surface area contributed by atoms with Crippen LogP contribution in [-0.4, -0.2) is 30.1 Å². The predicted octanol–water partition coefficient (Wildman–Crippen LogP) is 5.18. The monoisotopic (exact) mass is 418 g/mol. The molecule has 4 rings (SSSR count). The van der Waals surface area contributed by atoms with Crippen molar-refractivity contribution in [2.45, 2.75) is 19.4 Å².